The second-order valence-corrected chi connectivity index (χ2v) is 6.52. The van der Waals surface area contributed by atoms with E-state index in [9.17, 15) is 0 Å². The minimum absolute atomic E-state index is 0.368. The molecule has 108 valence electrons. The lowest BCUT2D eigenvalue weighted by molar-refractivity contribution is 0.497. The summed E-state index contributed by atoms with van der Waals surface area (Å²) in [5.41, 5.74) is 8.71. The lowest BCUT2D eigenvalue weighted by Crippen LogP contribution is -2.40. The molecule has 1 fully saturated rings. The van der Waals surface area contributed by atoms with Crippen molar-refractivity contribution in [3.8, 4) is 0 Å². The monoisotopic (exact) mass is 264 g/mol. The molecule has 0 spiro atoms. The highest BCUT2D eigenvalue weighted by molar-refractivity contribution is 5.51. The maximum atomic E-state index is 5.99. The normalized spacial score (nSPS) is 17.7. The second-order valence-electron chi connectivity index (χ2n) is 6.52. The van der Waals surface area contributed by atoms with Crippen LogP contribution < -0.4 is 10.6 Å². The summed E-state index contributed by atoms with van der Waals surface area (Å²) in [6, 6.07) is 0.368. The van der Waals surface area contributed by atoms with Gasteiger partial charge >= 0.3 is 0 Å². The summed E-state index contributed by atoms with van der Waals surface area (Å²) < 4.78 is 0. The van der Waals surface area contributed by atoms with E-state index in [4.69, 9.17) is 5.73 Å². The highest BCUT2D eigenvalue weighted by atomic mass is 15.3. The molecule has 1 aromatic heterocycles. The molecule has 0 bridgehead atoms. The van der Waals surface area contributed by atoms with Crippen molar-refractivity contribution in [1.29, 1.82) is 0 Å². The number of anilines is 1. The van der Waals surface area contributed by atoms with E-state index in [1.807, 2.05) is 0 Å². The third-order valence-corrected chi connectivity index (χ3v) is 3.89. The molecule has 3 N–H and O–H groups in total. The number of aromatic nitrogens is 2. The van der Waals surface area contributed by atoms with Crippen LogP contribution >= 0.6 is 0 Å². The molecule has 1 aliphatic heterocycles. The van der Waals surface area contributed by atoms with E-state index in [2.05, 4.69) is 42.8 Å². The van der Waals surface area contributed by atoms with Crippen LogP contribution in [0.4, 0.5) is 5.82 Å². The molecule has 1 aliphatic rings. The molecule has 19 heavy (non-hydrogen) atoms. The van der Waals surface area contributed by atoms with Gasteiger partial charge in [0.15, 0.2) is 5.82 Å². The molecule has 0 saturated carbocycles. The Kier molecular flexibility index (Phi) is 4.50. The first kappa shape index (κ1) is 14.4. The van der Waals surface area contributed by atoms with E-state index >= 15 is 0 Å². The van der Waals surface area contributed by atoms with Gasteiger partial charge < -0.3 is 10.6 Å². The Morgan fingerprint density at radius 2 is 1.89 bits per heavy atom. The van der Waals surface area contributed by atoms with Gasteiger partial charge in [-0.3, -0.25) is 5.10 Å². The van der Waals surface area contributed by atoms with Gasteiger partial charge in [0.05, 0.1) is 0 Å². The third kappa shape index (κ3) is 3.30. The number of hydrogen-bond acceptors (Lipinski definition) is 3. The van der Waals surface area contributed by atoms with Crippen molar-refractivity contribution in [2.24, 2.45) is 11.7 Å². The lowest BCUT2D eigenvalue weighted by atomic mass is 9.96. The van der Waals surface area contributed by atoms with Gasteiger partial charge in [0.1, 0.15) is 0 Å². The molecule has 0 amide bonds. The molecular weight excluding hydrogens is 236 g/mol. The Hall–Kier alpha value is -1.03. The Morgan fingerprint density at radius 1 is 1.26 bits per heavy atom. The van der Waals surface area contributed by atoms with E-state index < -0.39 is 0 Å². The van der Waals surface area contributed by atoms with Crippen molar-refractivity contribution in [2.45, 2.75) is 58.9 Å². The predicted molar refractivity (Wildman–Crippen MR) is 80.6 cm³/mol. The summed E-state index contributed by atoms with van der Waals surface area (Å²) in [7, 11) is 0. The van der Waals surface area contributed by atoms with Gasteiger partial charge in [0.25, 0.3) is 0 Å². The molecule has 0 radical (unpaired) electrons. The summed E-state index contributed by atoms with van der Waals surface area (Å²) in [6.07, 6.45) is 3.22. The first-order valence-electron chi connectivity index (χ1n) is 7.56. The van der Waals surface area contributed by atoms with Crippen molar-refractivity contribution in [3.05, 3.63) is 11.3 Å². The molecule has 0 aliphatic carbocycles. The molecule has 0 aromatic carbocycles. The number of nitrogens with one attached hydrogen (secondary N) is 1. The van der Waals surface area contributed by atoms with Crippen LogP contribution in [0.25, 0.3) is 0 Å². The zero-order chi connectivity index (χ0) is 14.0. The van der Waals surface area contributed by atoms with Gasteiger partial charge in [0, 0.05) is 30.4 Å². The number of hydrogen-bond donors (Lipinski definition) is 2. The van der Waals surface area contributed by atoms with Crippen molar-refractivity contribution >= 4 is 5.82 Å². The minimum atomic E-state index is 0.368. The standard InChI is InChI=1S/C15H28N4/c1-10(2)9-13-14(11(3)4)15(18-17-13)19-7-5-12(16)6-8-19/h10-12H,5-9,16H2,1-4H3,(H,17,18). The first-order valence-corrected chi connectivity index (χ1v) is 7.56. The summed E-state index contributed by atoms with van der Waals surface area (Å²) in [5.74, 6) is 2.33. The van der Waals surface area contributed by atoms with E-state index in [1.165, 1.54) is 11.3 Å². The zero-order valence-electron chi connectivity index (χ0n) is 12.7. The number of aromatic amines is 1. The fourth-order valence-corrected chi connectivity index (χ4v) is 2.90. The Balaban J connectivity index is 2.22. The van der Waals surface area contributed by atoms with Crippen LogP contribution in [0.15, 0.2) is 0 Å². The minimum Gasteiger partial charge on any atom is -0.355 e. The average molecular weight is 264 g/mol. The van der Waals surface area contributed by atoms with Gasteiger partial charge in [-0.05, 0) is 31.1 Å². The fourth-order valence-electron chi connectivity index (χ4n) is 2.90. The molecule has 2 rings (SSSR count). The van der Waals surface area contributed by atoms with Crippen LogP contribution in [0, 0.1) is 5.92 Å². The van der Waals surface area contributed by atoms with Crippen molar-refractivity contribution in [1.82, 2.24) is 10.2 Å². The quantitative estimate of drug-likeness (QED) is 0.879. The van der Waals surface area contributed by atoms with E-state index in [0.717, 1.165) is 38.2 Å². The molecule has 2 heterocycles. The van der Waals surface area contributed by atoms with Gasteiger partial charge in [-0.25, -0.2) is 0 Å². The zero-order valence-corrected chi connectivity index (χ0v) is 12.7. The molecule has 1 saturated heterocycles. The van der Waals surface area contributed by atoms with Crippen LogP contribution in [0.5, 0.6) is 0 Å². The number of piperidine rings is 1. The number of H-pyrrole nitrogens is 1. The molecule has 0 atom stereocenters. The predicted octanol–water partition coefficient (Wildman–Crippen LogP) is 2.66. The second kappa shape index (κ2) is 5.95. The highest BCUT2D eigenvalue weighted by Crippen LogP contribution is 2.31. The average Bonchev–Trinajstić information content (AvgIpc) is 2.73. The van der Waals surface area contributed by atoms with Crippen molar-refractivity contribution < 1.29 is 0 Å². The smallest absolute Gasteiger partial charge is 0.154 e. The van der Waals surface area contributed by atoms with Gasteiger partial charge in [-0.1, -0.05) is 27.7 Å². The van der Waals surface area contributed by atoms with Crippen molar-refractivity contribution in [2.75, 3.05) is 18.0 Å². The molecule has 0 unspecified atom stereocenters. The van der Waals surface area contributed by atoms with Crippen LogP contribution in [0.2, 0.25) is 0 Å². The van der Waals surface area contributed by atoms with Crippen LogP contribution in [-0.4, -0.2) is 29.3 Å². The van der Waals surface area contributed by atoms with Gasteiger partial charge in [-0.2, -0.15) is 5.10 Å². The summed E-state index contributed by atoms with van der Waals surface area (Å²) in [5, 5.41) is 7.87. The Bertz CT molecular complexity index is 400. The van der Waals surface area contributed by atoms with Gasteiger partial charge in [0.2, 0.25) is 0 Å². The van der Waals surface area contributed by atoms with Crippen LogP contribution in [0.1, 0.15) is 57.7 Å². The topological polar surface area (TPSA) is 57.9 Å². The number of nitrogens with two attached hydrogens (primary N) is 1. The number of rotatable bonds is 4. The Morgan fingerprint density at radius 3 is 2.42 bits per heavy atom. The first-order chi connectivity index (χ1) is 8.99. The summed E-state index contributed by atoms with van der Waals surface area (Å²) >= 11 is 0. The van der Waals surface area contributed by atoms with E-state index in [0.29, 0.717) is 17.9 Å². The van der Waals surface area contributed by atoms with E-state index in [1.54, 1.807) is 0 Å². The Labute approximate surface area is 116 Å². The van der Waals surface area contributed by atoms with Gasteiger partial charge in [-0.15, -0.1) is 0 Å². The molecule has 1 aromatic rings. The molecule has 4 nitrogen and oxygen atoms in total. The number of nitrogens with zero attached hydrogens (tertiary/aromatic N) is 2. The van der Waals surface area contributed by atoms with E-state index in [-0.39, 0.29) is 0 Å². The maximum absolute atomic E-state index is 5.99. The van der Waals surface area contributed by atoms with Crippen LogP contribution in [0.3, 0.4) is 0 Å². The maximum Gasteiger partial charge on any atom is 0.154 e. The molecule has 4 heteroatoms. The lowest BCUT2D eigenvalue weighted by Gasteiger charge is -2.31. The molecular formula is C15H28N4. The SMILES string of the molecule is CC(C)Cc1[nH]nc(N2CCC(N)CC2)c1C(C)C. The van der Waals surface area contributed by atoms with Crippen LogP contribution in [-0.2, 0) is 6.42 Å². The summed E-state index contributed by atoms with van der Waals surface area (Å²) in [6.45, 7) is 11.1. The largest absolute Gasteiger partial charge is 0.355 e. The highest BCUT2D eigenvalue weighted by Gasteiger charge is 2.24. The fraction of sp³-hybridized carbons (Fsp3) is 0.800. The van der Waals surface area contributed by atoms with Crippen molar-refractivity contribution in [3.63, 3.8) is 0 Å². The third-order valence-electron chi connectivity index (χ3n) is 3.89. The summed E-state index contributed by atoms with van der Waals surface area (Å²) in [4.78, 5) is 2.40.